The number of esters is 1. The molecule has 0 aliphatic heterocycles. The molecule has 0 aromatic heterocycles. The SMILES string of the molecule is CC(=O)Oc1ccc(NC(=O)COc2ccc(C)cc2)c(C(=O)O)c1. The van der Waals surface area contributed by atoms with E-state index in [2.05, 4.69) is 5.32 Å². The van der Waals surface area contributed by atoms with Gasteiger partial charge in [0, 0.05) is 6.92 Å². The molecule has 0 radical (unpaired) electrons. The van der Waals surface area contributed by atoms with Crippen LogP contribution in [-0.4, -0.2) is 29.6 Å². The van der Waals surface area contributed by atoms with E-state index in [-0.39, 0.29) is 23.6 Å². The summed E-state index contributed by atoms with van der Waals surface area (Å²) in [6, 6.07) is 11.1. The summed E-state index contributed by atoms with van der Waals surface area (Å²) in [5.74, 6) is -1.73. The van der Waals surface area contributed by atoms with Crippen molar-refractivity contribution in [3.05, 3.63) is 53.6 Å². The van der Waals surface area contributed by atoms with E-state index >= 15 is 0 Å². The number of carbonyl (C=O) groups is 3. The molecule has 25 heavy (non-hydrogen) atoms. The Balaban J connectivity index is 2.05. The summed E-state index contributed by atoms with van der Waals surface area (Å²) in [5.41, 5.74) is 0.958. The summed E-state index contributed by atoms with van der Waals surface area (Å²) < 4.78 is 10.2. The highest BCUT2D eigenvalue weighted by Crippen LogP contribution is 2.22. The molecule has 2 aromatic rings. The molecule has 0 fully saturated rings. The van der Waals surface area contributed by atoms with Gasteiger partial charge in [0.15, 0.2) is 6.61 Å². The van der Waals surface area contributed by atoms with Crippen molar-refractivity contribution in [1.29, 1.82) is 0 Å². The lowest BCUT2D eigenvalue weighted by molar-refractivity contribution is -0.131. The Bertz CT molecular complexity index is 798. The third-order valence-corrected chi connectivity index (χ3v) is 3.15. The van der Waals surface area contributed by atoms with Crippen LogP contribution in [0.1, 0.15) is 22.8 Å². The summed E-state index contributed by atoms with van der Waals surface area (Å²) in [7, 11) is 0. The lowest BCUT2D eigenvalue weighted by Crippen LogP contribution is -2.21. The van der Waals surface area contributed by atoms with Gasteiger partial charge in [-0.2, -0.15) is 0 Å². The van der Waals surface area contributed by atoms with E-state index in [0.717, 1.165) is 5.56 Å². The standard InChI is InChI=1S/C18H17NO6/c1-11-3-5-13(6-4-11)24-10-17(21)19-16-8-7-14(25-12(2)20)9-15(16)18(22)23/h3-9H,10H2,1-2H3,(H,19,21)(H,22,23). The van der Waals surface area contributed by atoms with Gasteiger partial charge in [-0.3, -0.25) is 9.59 Å². The third-order valence-electron chi connectivity index (χ3n) is 3.15. The number of aromatic carboxylic acids is 1. The topological polar surface area (TPSA) is 102 Å². The highest BCUT2D eigenvalue weighted by atomic mass is 16.5. The predicted molar refractivity (Wildman–Crippen MR) is 90.0 cm³/mol. The molecule has 0 aliphatic rings. The van der Waals surface area contributed by atoms with Crippen molar-refractivity contribution in [2.45, 2.75) is 13.8 Å². The van der Waals surface area contributed by atoms with E-state index in [4.69, 9.17) is 9.47 Å². The van der Waals surface area contributed by atoms with Crippen molar-refractivity contribution >= 4 is 23.5 Å². The average Bonchev–Trinajstić information content (AvgIpc) is 2.55. The van der Waals surface area contributed by atoms with Crippen molar-refractivity contribution < 1.29 is 29.0 Å². The van der Waals surface area contributed by atoms with Crippen molar-refractivity contribution in [2.75, 3.05) is 11.9 Å². The fourth-order valence-electron chi connectivity index (χ4n) is 2.01. The second-order valence-corrected chi connectivity index (χ2v) is 5.26. The van der Waals surface area contributed by atoms with Gasteiger partial charge in [0.05, 0.1) is 11.3 Å². The van der Waals surface area contributed by atoms with Crippen molar-refractivity contribution in [1.82, 2.24) is 0 Å². The number of hydrogen-bond acceptors (Lipinski definition) is 5. The van der Waals surface area contributed by atoms with E-state index < -0.39 is 17.8 Å². The lowest BCUT2D eigenvalue weighted by Gasteiger charge is -2.11. The first kappa shape index (κ1) is 18.0. The highest BCUT2D eigenvalue weighted by Gasteiger charge is 2.15. The fourth-order valence-corrected chi connectivity index (χ4v) is 2.01. The molecule has 0 unspecified atom stereocenters. The van der Waals surface area contributed by atoms with Crippen LogP contribution in [0, 0.1) is 6.92 Å². The molecule has 2 N–H and O–H groups in total. The molecule has 0 spiro atoms. The first-order chi connectivity index (χ1) is 11.8. The van der Waals surface area contributed by atoms with Gasteiger partial charge in [-0.05, 0) is 37.3 Å². The first-order valence-electron chi connectivity index (χ1n) is 7.40. The predicted octanol–water partition coefficient (Wildman–Crippen LogP) is 2.64. The number of aryl methyl sites for hydroxylation is 1. The Labute approximate surface area is 144 Å². The third kappa shape index (κ3) is 5.35. The summed E-state index contributed by atoms with van der Waals surface area (Å²) in [6.45, 7) is 2.87. The minimum atomic E-state index is -1.26. The molecule has 7 nitrogen and oxygen atoms in total. The average molecular weight is 343 g/mol. The molecule has 2 rings (SSSR count). The van der Waals surface area contributed by atoms with E-state index in [1.807, 2.05) is 19.1 Å². The lowest BCUT2D eigenvalue weighted by atomic mass is 10.1. The summed E-state index contributed by atoms with van der Waals surface area (Å²) in [6.07, 6.45) is 0. The minimum absolute atomic E-state index is 0.0822. The monoisotopic (exact) mass is 343 g/mol. The van der Waals surface area contributed by atoms with Crippen LogP contribution in [0.4, 0.5) is 5.69 Å². The van der Waals surface area contributed by atoms with Crippen LogP contribution in [-0.2, 0) is 9.59 Å². The number of carbonyl (C=O) groups excluding carboxylic acids is 2. The maximum atomic E-state index is 12.0. The van der Waals surface area contributed by atoms with Crippen LogP contribution >= 0.6 is 0 Å². The van der Waals surface area contributed by atoms with E-state index in [1.165, 1.54) is 25.1 Å². The number of benzene rings is 2. The molecule has 130 valence electrons. The number of anilines is 1. The zero-order valence-electron chi connectivity index (χ0n) is 13.7. The molecule has 7 heteroatoms. The molecule has 0 aliphatic carbocycles. The number of nitrogens with one attached hydrogen (secondary N) is 1. The van der Waals surface area contributed by atoms with Gasteiger partial charge in [-0.1, -0.05) is 17.7 Å². The molecule has 0 saturated heterocycles. The number of amides is 1. The highest BCUT2D eigenvalue weighted by molar-refractivity contribution is 6.01. The van der Waals surface area contributed by atoms with Crippen molar-refractivity contribution in [3.63, 3.8) is 0 Å². The smallest absolute Gasteiger partial charge is 0.337 e. The molecule has 0 heterocycles. The molecule has 0 bridgehead atoms. The normalized spacial score (nSPS) is 10.0. The van der Waals surface area contributed by atoms with Crippen molar-refractivity contribution in [3.8, 4) is 11.5 Å². The summed E-state index contributed by atoms with van der Waals surface area (Å²) >= 11 is 0. The molecular formula is C18H17NO6. The van der Waals surface area contributed by atoms with E-state index in [1.54, 1.807) is 12.1 Å². The van der Waals surface area contributed by atoms with Gasteiger partial charge >= 0.3 is 11.9 Å². The van der Waals surface area contributed by atoms with Crippen LogP contribution in [0.2, 0.25) is 0 Å². The Morgan fingerprint density at radius 1 is 1.04 bits per heavy atom. The van der Waals surface area contributed by atoms with Gasteiger partial charge in [-0.25, -0.2) is 4.79 Å². The first-order valence-corrected chi connectivity index (χ1v) is 7.40. The molecule has 0 atom stereocenters. The second kappa shape index (κ2) is 7.96. The zero-order valence-corrected chi connectivity index (χ0v) is 13.7. The largest absolute Gasteiger partial charge is 0.484 e. The van der Waals surface area contributed by atoms with Crippen LogP contribution in [0.5, 0.6) is 11.5 Å². The zero-order chi connectivity index (χ0) is 18.4. The van der Waals surface area contributed by atoms with Gasteiger partial charge in [0.1, 0.15) is 11.5 Å². The van der Waals surface area contributed by atoms with E-state index in [0.29, 0.717) is 5.75 Å². The maximum Gasteiger partial charge on any atom is 0.337 e. The maximum absolute atomic E-state index is 12.0. The van der Waals surface area contributed by atoms with E-state index in [9.17, 15) is 19.5 Å². The van der Waals surface area contributed by atoms with Crippen LogP contribution in [0.3, 0.4) is 0 Å². The fraction of sp³-hybridized carbons (Fsp3) is 0.167. The van der Waals surface area contributed by atoms with Gasteiger partial charge in [0.25, 0.3) is 5.91 Å². The second-order valence-electron chi connectivity index (χ2n) is 5.26. The summed E-state index contributed by atoms with van der Waals surface area (Å²) in [4.78, 5) is 34.2. The van der Waals surface area contributed by atoms with Crippen molar-refractivity contribution in [2.24, 2.45) is 0 Å². The Morgan fingerprint density at radius 3 is 2.28 bits per heavy atom. The molecule has 1 amide bonds. The minimum Gasteiger partial charge on any atom is -0.484 e. The number of ether oxygens (including phenoxy) is 2. The number of carboxylic acids is 1. The van der Waals surface area contributed by atoms with Gasteiger partial charge in [0.2, 0.25) is 0 Å². The Kier molecular flexibility index (Phi) is 5.73. The van der Waals surface area contributed by atoms with Gasteiger partial charge in [-0.15, -0.1) is 0 Å². The van der Waals surface area contributed by atoms with Gasteiger partial charge < -0.3 is 19.9 Å². The number of carboxylic acid groups (broad SMARTS) is 1. The van der Waals surface area contributed by atoms with Crippen LogP contribution in [0.25, 0.3) is 0 Å². The molecule has 0 saturated carbocycles. The summed E-state index contributed by atoms with van der Waals surface area (Å²) in [5, 5.41) is 11.7. The molecular weight excluding hydrogens is 326 g/mol. The number of hydrogen-bond donors (Lipinski definition) is 2. The Hall–Kier alpha value is -3.35. The van der Waals surface area contributed by atoms with Crippen LogP contribution in [0.15, 0.2) is 42.5 Å². The molecule has 2 aromatic carbocycles. The number of rotatable bonds is 6. The Morgan fingerprint density at radius 2 is 1.68 bits per heavy atom. The quantitative estimate of drug-likeness (QED) is 0.617. The van der Waals surface area contributed by atoms with Crippen LogP contribution < -0.4 is 14.8 Å².